The predicted octanol–water partition coefficient (Wildman–Crippen LogP) is 0.946. The highest BCUT2D eigenvalue weighted by Crippen LogP contribution is 2.27. The van der Waals surface area contributed by atoms with Crippen molar-refractivity contribution < 1.29 is 27.5 Å². The Hall–Kier alpha value is -3.81. The third-order valence-corrected chi connectivity index (χ3v) is 8.51. The smallest absolute Gasteiger partial charge is 0.338 e. The van der Waals surface area contributed by atoms with Gasteiger partial charge in [-0.2, -0.15) is 4.31 Å². The molecule has 4 rings (SSSR count). The minimum Gasteiger partial charge on any atom is -0.462 e. The molecule has 40 heavy (non-hydrogen) atoms. The number of rotatable bonds is 8. The van der Waals surface area contributed by atoms with Crippen molar-refractivity contribution in [1.29, 1.82) is 5.41 Å². The molecule has 0 aliphatic carbocycles. The summed E-state index contributed by atoms with van der Waals surface area (Å²) in [7, 11) is -3.29. The van der Waals surface area contributed by atoms with E-state index < -0.39 is 22.0 Å². The molecule has 0 aromatic heterocycles. The number of hydrogen-bond acceptors (Lipinski definition) is 8. The average Bonchev–Trinajstić information content (AvgIpc) is 3.38. The largest absolute Gasteiger partial charge is 0.462 e. The molecule has 2 aliphatic rings. The number of nitrogen functional groups attached to an aromatic ring is 1. The van der Waals surface area contributed by atoms with Gasteiger partial charge < -0.3 is 20.7 Å². The molecule has 2 aromatic carbocycles. The van der Waals surface area contributed by atoms with Gasteiger partial charge in [0.15, 0.2) is 0 Å². The van der Waals surface area contributed by atoms with Crippen molar-refractivity contribution in [2.24, 2.45) is 5.73 Å². The third kappa shape index (κ3) is 6.66. The van der Waals surface area contributed by atoms with Crippen molar-refractivity contribution in [3.05, 3.63) is 65.2 Å². The van der Waals surface area contributed by atoms with Gasteiger partial charge in [0.05, 0.1) is 18.4 Å². The molecule has 2 heterocycles. The summed E-state index contributed by atoms with van der Waals surface area (Å²) in [5, 5.41) is 10.4. The van der Waals surface area contributed by atoms with Crippen LogP contribution in [0.25, 0.3) is 0 Å². The van der Waals surface area contributed by atoms with E-state index in [-0.39, 0.29) is 30.3 Å². The number of likely N-dealkylation sites (tertiary alicyclic amines) is 1. The van der Waals surface area contributed by atoms with Crippen LogP contribution < -0.4 is 11.1 Å². The molecule has 2 aromatic rings. The molecule has 13 heteroatoms. The first-order valence-corrected chi connectivity index (χ1v) is 14.9. The second kappa shape index (κ2) is 12.1. The Morgan fingerprint density at radius 1 is 0.975 bits per heavy atom. The highest BCUT2D eigenvalue weighted by atomic mass is 32.2. The molecule has 2 aliphatic heterocycles. The lowest BCUT2D eigenvalue weighted by Crippen LogP contribution is -2.52. The fraction of sp³-hybridized carbons (Fsp3) is 0.407. The van der Waals surface area contributed by atoms with Crippen LogP contribution in [-0.2, 0) is 19.6 Å². The molecule has 0 unspecified atom stereocenters. The molecule has 0 radical (unpaired) electrons. The number of ether oxygens (including phenoxy) is 1. The van der Waals surface area contributed by atoms with Gasteiger partial charge in [-0.3, -0.25) is 19.9 Å². The van der Waals surface area contributed by atoms with Gasteiger partial charge in [-0.1, -0.05) is 12.1 Å². The molecule has 0 saturated carbocycles. The normalized spacial score (nSPS) is 20.2. The zero-order valence-electron chi connectivity index (χ0n) is 22.5. The average molecular weight is 571 g/mol. The van der Waals surface area contributed by atoms with E-state index in [9.17, 15) is 22.8 Å². The molecular weight excluding hydrogens is 536 g/mol. The number of amidine groups is 1. The fourth-order valence-electron chi connectivity index (χ4n) is 5.04. The summed E-state index contributed by atoms with van der Waals surface area (Å²) in [6, 6.07) is 11.8. The molecular formula is C27H34N6O6S. The lowest BCUT2D eigenvalue weighted by atomic mass is 10.1. The van der Waals surface area contributed by atoms with Gasteiger partial charge in [-0.05, 0) is 49.7 Å². The Kier molecular flexibility index (Phi) is 8.86. The van der Waals surface area contributed by atoms with E-state index in [1.165, 1.54) is 10.6 Å². The van der Waals surface area contributed by atoms with Gasteiger partial charge in [-0.15, -0.1) is 0 Å². The summed E-state index contributed by atoms with van der Waals surface area (Å²) in [4.78, 5) is 42.7. The van der Waals surface area contributed by atoms with Crippen LogP contribution in [-0.4, -0.2) is 104 Å². The molecule has 214 valence electrons. The maximum atomic E-state index is 13.6. The van der Waals surface area contributed by atoms with E-state index in [2.05, 4.69) is 10.2 Å². The summed E-state index contributed by atoms with van der Waals surface area (Å²) in [6.45, 7) is 3.96. The maximum absolute atomic E-state index is 13.6. The van der Waals surface area contributed by atoms with E-state index in [1.807, 2.05) is 0 Å². The lowest BCUT2D eigenvalue weighted by molar-refractivity contribution is -0.119. The van der Waals surface area contributed by atoms with Crippen molar-refractivity contribution in [2.45, 2.75) is 25.4 Å². The number of piperazine rings is 1. The minimum absolute atomic E-state index is 0.111. The monoisotopic (exact) mass is 570 g/mol. The van der Waals surface area contributed by atoms with Crippen LogP contribution in [0.1, 0.15) is 39.6 Å². The number of sulfonamides is 1. The summed E-state index contributed by atoms with van der Waals surface area (Å²) in [6.07, 6.45) is 1.57. The molecule has 12 nitrogen and oxygen atoms in total. The number of nitrogens with one attached hydrogen (secondary N) is 2. The molecule has 4 N–H and O–H groups in total. The van der Waals surface area contributed by atoms with Crippen LogP contribution in [0, 0.1) is 5.41 Å². The van der Waals surface area contributed by atoms with Gasteiger partial charge in [0.1, 0.15) is 11.9 Å². The Balaban J connectivity index is 1.52. The second-order valence-electron chi connectivity index (χ2n) is 9.84. The van der Waals surface area contributed by atoms with Crippen molar-refractivity contribution in [3.8, 4) is 0 Å². The van der Waals surface area contributed by atoms with Gasteiger partial charge in [0.2, 0.25) is 15.9 Å². The lowest BCUT2D eigenvalue weighted by Gasteiger charge is -2.36. The summed E-state index contributed by atoms with van der Waals surface area (Å²) in [5.41, 5.74) is 7.22. The minimum atomic E-state index is -3.29. The van der Waals surface area contributed by atoms with E-state index in [4.69, 9.17) is 15.9 Å². The number of nitrogens with two attached hydrogens (primary N) is 1. The van der Waals surface area contributed by atoms with Gasteiger partial charge in [-0.25, -0.2) is 13.2 Å². The third-order valence-electron chi connectivity index (χ3n) is 7.21. The Labute approximate surface area is 233 Å². The predicted molar refractivity (Wildman–Crippen MR) is 150 cm³/mol. The number of benzene rings is 2. The first-order valence-electron chi connectivity index (χ1n) is 13.0. The first-order chi connectivity index (χ1) is 19.0. The van der Waals surface area contributed by atoms with Crippen molar-refractivity contribution >= 4 is 39.3 Å². The first kappa shape index (κ1) is 29.2. The summed E-state index contributed by atoms with van der Waals surface area (Å²) < 4.78 is 30.3. The van der Waals surface area contributed by atoms with Crippen LogP contribution in [0.2, 0.25) is 0 Å². The number of carbonyl (C=O) groups is 3. The van der Waals surface area contributed by atoms with Crippen molar-refractivity contribution in [2.75, 3.05) is 50.9 Å². The number of carbonyl (C=O) groups excluding carboxylic acids is 3. The van der Waals surface area contributed by atoms with Crippen LogP contribution in [0.3, 0.4) is 0 Å². The molecule has 2 amide bonds. The SMILES string of the molecule is CCOC(=O)c1ccc(NC(=O)[C@@H]2C[C@H](N3CCN(S(C)(=O)=O)CC3)CN2C(=O)c2ccc(C(=N)N)cc2)cc1. The van der Waals surface area contributed by atoms with Crippen LogP contribution in [0.4, 0.5) is 5.69 Å². The zero-order valence-corrected chi connectivity index (χ0v) is 23.3. The van der Waals surface area contributed by atoms with Crippen LogP contribution in [0.15, 0.2) is 48.5 Å². The van der Waals surface area contributed by atoms with Crippen LogP contribution in [0.5, 0.6) is 0 Å². The highest BCUT2D eigenvalue weighted by molar-refractivity contribution is 7.88. The topological polar surface area (TPSA) is 166 Å². The summed E-state index contributed by atoms with van der Waals surface area (Å²) in [5.74, 6) is -1.26. The van der Waals surface area contributed by atoms with Crippen molar-refractivity contribution in [1.82, 2.24) is 14.1 Å². The summed E-state index contributed by atoms with van der Waals surface area (Å²) >= 11 is 0. The van der Waals surface area contributed by atoms with Crippen molar-refractivity contribution in [3.63, 3.8) is 0 Å². The quantitative estimate of drug-likeness (QED) is 0.240. The number of hydrogen-bond donors (Lipinski definition) is 3. The molecule has 0 bridgehead atoms. The van der Waals surface area contributed by atoms with Gasteiger partial charge in [0, 0.05) is 55.6 Å². The number of anilines is 1. The Morgan fingerprint density at radius 2 is 1.55 bits per heavy atom. The number of esters is 1. The standard InChI is InChI=1S/C27H34N6O6S/c1-3-39-27(36)20-8-10-21(11-9-20)30-25(34)23-16-22(31-12-14-32(15-13-31)40(2,37)38)17-33(23)26(35)19-6-4-18(5-7-19)24(28)29/h4-11,22-23H,3,12-17H2,1-2H3,(H3,28,29)(H,30,34)/t22-,23-/m0/s1. The zero-order chi connectivity index (χ0) is 29.0. The Morgan fingerprint density at radius 3 is 2.10 bits per heavy atom. The molecule has 0 spiro atoms. The van der Waals surface area contributed by atoms with E-state index >= 15 is 0 Å². The van der Waals surface area contributed by atoms with E-state index in [1.54, 1.807) is 60.4 Å². The molecule has 2 saturated heterocycles. The molecule has 2 atom stereocenters. The maximum Gasteiger partial charge on any atom is 0.338 e. The van der Waals surface area contributed by atoms with E-state index in [0.29, 0.717) is 61.5 Å². The highest BCUT2D eigenvalue weighted by Gasteiger charge is 2.43. The molecule has 2 fully saturated rings. The fourth-order valence-corrected chi connectivity index (χ4v) is 5.87. The van der Waals surface area contributed by atoms with Crippen LogP contribution >= 0.6 is 0 Å². The number of amides is 2. The van der Waals surface area contributed by atoms with Gasteiger partial charge in [0.25, 0.3) is 5.91 Å². The van der Waals surface area contributed by atoms with E-state index in [0.717, 1.165) is 0 Å². The van der Waals surface area contributed by atoms with Gasteiger partial charge >= 0.3 is 5.97 Å². The Bertz CT molecular complexity index is 1370. The number of nitrogens with zero attached hydrogens (tertiary/aromatic N) is 3. The second-order valence-corrected chi connectivity index (χ2v) is 11.8.